The van der Waals surface area contributed by atoms with Crippen LogP contribution in [-0.2, 0) is 6.61 Å². The zero-order chi connectivity index (χ0) is 23.9. The number of ether oxygens (including phenoxy) is 1. The molecule has 1 amide bonds. The van der Waals surface area contributed by atoms with Gasteiger partial charge in [-0.1, -0.05) is 28.1 Å². The smallest absolute Gasteiger partial charge is 0.335 e. The van der Waals surface area contributed by atoms with E-state index in [-0.39, 0.29) is 18.1 Å². The first-order chi connectivity index (χ1) is 16.5. The molecule has 0 bridgehead atoms. The molecule has 174 valence electrons. The normalized spacial score (nSPS) is 13.3. The molecule has 0 unspecified atom stereocenters. The molecule has 7 nitrogen and oxygen atoms in total. The van der Waals surface area contributed by atoms with Crippen molar-refractivity contribution in [3.8, 4) is 5.75 Å². The number of carboxylic acid groups (broad SMARTS) is 1. The Hall–Kier alpha value is -3.65. The molecule has 4 rings (SSSR count). The third-order valence-electron chi connectivity index (χ3n) is 5.54. The van der Waals surface area contributed by atoms with Crippen LogP contribution in [0.25, 0.3) is 0 Å². The fraction of sp³-hybridized carbons (Fsp3) is 0.192. The molecule has 1 heterocycles. The summed E-state index contributed by atoms with van der Waals surface area (Å²) in [6.07, 6.45) is 3.94. The molecule has 34 heavy (non-hydrogen) atoms. The fourth-order valence-corrected chi connectivity index (χ4v) is 4.06. The van der Waals surface area contributed by atoms with Crippen molar-refractivity contribution in [1.82, 2.24) is 5.43 Å². The van der Waals surface area contributed by atoms with Crippen LogP contribution in [0.15, 0.2) is 76.3 Å². The fourth-order valence-electron chi connectivity index (χ4n) is 3.68. The Balaban J connectivity index is 1.37. The number of halogens is 1. The summed E-state index contributed by atoms with van der Waals surface area (Å²) in [5.74, 6) is -0.679. The number of anilines is 1. The maximum Gasteiger partial charge on any atom is 0.335 e. The summed E-state index contributed by atoms with van der Waals surface area (Å²) in [5.41, 5.74) is 5.97. The lowest BCUT2D eigenvalue weighted by molar-refractivity contribution is 0.0696. The second-order valence-corrected chi connectivity index (χ2v) is 8.83. The molecule has 2 N–H and O–H groups in total. The number of rotatable bonds is 8. The number of carbonyl (C=O) groups is 2. The van der Waals surface area contributed by atoms with Crippen LogP contribution >= 0.6 is 15.9 Å². The van der Waals surface area contributed by atoms with Crippen LogP contribution in [0.1, 0.15) is 44.7 Å². The van der Waals surface area contributed by atoms with Gasteiger partial charge in [-0.25, -0.2) is 10.2 Å². The number of nitrogens with one attached hydrogen (secondary N) is 1. The Bertz CT molecular complexity index is 1190. The average Bonchev–Trinajstić information content (AvgIpc) is 3.39. The summed E-state index contributed by atoms with van der Waals surface area (Å²) >= 11 is 3.44. The first-order valence-electron chi connectivity index (χ1n) is 10.9. The van der Waals surface area contributed by atoms with Gasteiger partial charge in [-0.2, -0.15) is 5.10 Å². The maximum atomic E-state index is 12.5. The van der Waals surface area contributed by atoms with Crippen molar-refractivity contribution in [2.75, 3.05) is 18.0 Å². The van der Waals surface area contributed by atoms with Gasteiger partial charge in [0.15, 0.2) is 0 Å². The van der Waals surface area contributed by atoms with Gasteiger partial charge in [-0.15, -0.1) is 0 Å². The van der Waals surface area contributed by atoms with Crippen LogP contribution in [-0.4, -0.2) is 36.3 Å². The quantitative estimate of drug-likeness (QED) is 0.318. The number of aromatic carboxylic acids is 1. The predicted octanol–water partition coefficient (Wildman–Crippen LogP) is 5.09. The zero-order valence-corrected chi connectivity index (χ0v) is 20.0. The monoisotopic (exact) mass is 521 g/mol. The number of benzene rings is 3. The number of amides is 1. The van der Waals surface area contributed by atoms with Crippen molar-refractivity contribution < 1.29 is 19.4 Å². The molecule has 1 saturated heterocycles. The number of nitrogens with zero attached hydrogens (tertiary/aromatic N) is 2. The predicted molar refractivity (Wildman–Crippen MR) is 135 cm³/mol. The summed E-state index contributed by atoms with van der Waals surface area (Å²) in [7, 11) is 0. The highest BCUT2D eigenvalue weighted by Gasteiger charge is 2.13. The van der Waals surface area contributed by atoms with E-state index >= 15 is 0 Å². The first kappa shape index (κ1) is 23.5. The summed E-state index contributed by atoms with van der Waals surface area (Å²) in [6.45, 7) is 2.37. The second-order valence-electron chi connectivity index (χ2n) is 7.91. The molecule has 3 aromatic rings. The van der Waals surface area contributed by atoms with Crippen molar-refractivity contribution in [2.24, 2.45) is 5.10 Å². The van der Waals surface area contributed by atoms with E-state index in [0.717, 1.165) is 28.8 Å². The van der Waals surface area contributed by atoms with Gasteiger partial charge in [0, 0.05) is 34.4 Å². The molecule has 8 heteroatoms. The van der Waals surface area contributed by atoms with Gasteiger partial charge in [0.1, 0.15) is 12.4 Å². The molecule has 0 saturated carbocycles. The van der Waals surface area contributed by atoms with Crippen molar-refractivity contribution in [3.63, 3.8) is 0 Å². The lowest BCUT2D eigenvalue weighted by Gasteiger charge is -2.17. The number of hydrogen-bond acceptors (Lipinski definition) is 5. The van der Waals surface area contributed by atoms with Crippen molar-refractivity contribution in [2.45, 2.75) is 19.4 Å². The number of carboxylic acids is 1. The van der Waals surface area contributed by atoms with Gasteiger partial charge < -0.3 is 14.7 Å². The van der Waals surface area contributed by atoms with Crippen molar-refractivity contribution in [1.29, 1.82) is 0 Å². The SMILES string of the molecule is O=C(O)c1ccc(COc2ccc(Br)cc2/C=N\NC(=O)c2ccc(N3CCCC3)cc2)cc1. The Morgan fingerprint density at radius 1 is 1.00 bits per heavy atom. The van der Waals surface area contributed by atoms with Gasteiger partial charge in [0.05, 0.1) is 11.8 Å². The topological polar surface area (TPSA) is 91.2 Å². The van der Waals surface area contributed by atoms with Gasteiger partial charge in [-0.3, -0.25) is 4.79 Å². The van der Waals surface area contributed by atoms with E-state index in [1.54, 1.807) is 18.2 Å². The Labute approximate surface area is 206 Å². The molecular weight excluding hydrogens is 498 g/mol. The number of carbonyl (C=O) groups excluding carboxylic acids is 1. The van der Waals surface area contributed by atoms with E-state index in [1.807, 2.05) is 36.4 Å². The van der Waals surface area contributed by atoms with Crippen molar-refractivity contribution >= 4 is 39.7 Å². The van der Waals surface area contributed by atoms with E-state index in [1.165, 1.54) is 31.2 Å². The van der Waals surface area contributed by atoms with E-state index in [9.17, 15) is 9.59 Å². The van der Waals surface area contributed by atoms with E-state index in [2.05, 4.69) is 31.4 Å². The lowest BCUT2D eigenvalue weighted by Crippen LogP contribution is -2.19. The average molecular weight is 522 g/mol. The summed E-state index contributed by atoms with van der Waals surface area (Å²) in [5, 5.41) is 13.1. The molecule has 1 aliphatic heterocycles. The molecule has 0 atom stereocenters. The summed E-state index contributed by atoms with van der Waals surface area (Å²) in [4.78, 5) is 25.8. The minimum absolute atomic E-state index is 0.224. The molecule has 0 radical (unpaired) electrons. The van der Waals surface area contributed by atoms with Crippen LogP contribution in [0, 0.1) is 0 Å². The number of hydrogen-bond donors (Lipinski definition) is 2. The first-order valence-corrected chi connectivity index (χ1v) is 11.7. The summed E-state index contributed by atoms with van der Waals surface area (Å²) < 4.78 is 6.75. The third kappa shape index (κ3) is 6.02. The van der Waals surface area contributed by atoms with E-state index < -0.39 is 5.97 Å². The zero-order valence-electron chi connectivity index (χ0n) is 18.4. The highest BCUT2D eigenvalue weighted by Crippen LogP contribution is 2.23. The maximum absolute atomic E-state index is 12.5. The van der Waals surface area contributed by atoms with Gasteiger partial charge >= 0.3 is 5.97 Å². The molecule has 0 spiro atoms. The van der Waals surface area contributed by atoms with E-state index in [4.69, 9.17) is 9.84 Å². The molecule has 1 fully saturated rings. The number of hydrazone groups is 1. The molecule has 0 aliphatic carbocycles. The van der Waals surface area contributed by atoms with Crippen LogP contribution in [0.3, 0.4) is 0 Å². The highest BCUT2D eigenvalue weighted by atomic mass is 79.9. The molecule has 1 aliphatic rings. The Morgan fingerprint density at radius 2 is 1.68 bits per heavy atom. The highest BCUT2D eigenvalue weighted by molar-refractivity contribution is 9.10. The lowest BCUT2D eigenvalue weighted by atomic mass is 10.1. The van der Waals surface area contributed by atoms with E-state index in [0.29, 0.717) is 16.9 Å². The largest absolute Gasteiger partial charge is 0.488 e. The molecular formula is C26H24BrN3O4. The van der Waals surface area contributed by atoms with Crippen LogP contribution < -0.4 is 15.1 Å². The van der Waals surface area contributed by atoms with Gasteiger partial charge in [0.25, 0.3) is 5.91 Å². The second kappa shape index (κ2) is 11.0. The molecule has 0 aromatic heterocycles. The Morgan fingerprint density at radius 3 is 2.35 bits per heavy atom. The summed E-state index contributed by atoms with van der Waals surface area (Å²) in [6, 6.07) is 19.5. The van der Waals surface area contributed by atoms with Crippen LogP contribution in [0.5, 0.6) is 5.75 Å². The van der Waals surface area contributed by atoms with Gasteiger partial charge in [-0.05, 0) is 73.0 Å². The molecule has 3 aromatic carbocycles. The third-order valence-corrected chi connectivity index (χ3v) is 6.03. The van der Waals surface area contributed by atoms with Crippen LogP contribution in [0.2, 0.25) is 0 Å². The van der Waals surface area contributed by atoms with Crippen molar-refractivity contribution in [3.05, 3.63) is 93.5 Å². The van der Waals surface area contributed by atoms with Gasteiger partial charge in [0.2, 0.25) is 0 Å². The minimum Gasteiger partial charge on any atom is -0.488 e. The Kier molecular flexibility index (Phi) is 7.59. The minimum atomic E-state index is -0.969. The van der Waals surface area contributed by atoms with Crippen LogP contribution in [0.4, 0.5) is 5.69 Å². The standard InChI is InChI=1S/C26H24BrN3O4/c27-22-9-12-24(34-17-18-3-5-20(6-4-18)26(32)33)21(15-22)16-28-29-25(31)19-7-10-23(11-8-19)30-13-1-2-14-30/h3-12,15-16H,1-2,13-14,17H2,(H,29,31)(H,32,33)/b28-16-.